The van der Waals surface area contributed by atoms with Gasteiger partial charge in [-0.3, -0.25) is 4.79 Å². The smallest absolute Gasteiger partial charge is 0.306 e. The summed E-state index contributed by atoms with van der Waals surface area (Å²) >= 11 is 0. The number of rotatable bonds is 5. The minimum atomic E-state index is -0.446. The number of nitriles is 1. The van der Waals surface area contributed by atoms with Gasteiger partial charge in [0.05, 0.1) is 24.1 Å². The first-order valence-corrected chi connectivity index (χ1v) is 8.05. The number of hydrogen-bond acceptors (Lipinski definition) is 3. The van der Waals surface area contributed by atoms with Gasteiger partial charge in [-0.1, -0.05) is 30.3 Å². The summed E-state index contributed by atoms with van der Waals surface area (Å²) in [4.78, 5) is 14.8. The van der Waals surface area contributed by atoms with Gasteiger partial charge in [-0.25, -0.2) is 4.39 Å². The van der Waals surface area contributed by atoms with E-state index in [0.717, 1.165) is 5.56 Å². The van der Waals surface area contributed by atoms with E-state index in [4.69, 9.17) is 4.74 Å². The minimum absolute atomic E-state index is 0.106. The molecule has 1 N–H and O–H groups in total. The first-order chi connectivity index (χ1) is 12.1. The van der Waals surface area contributed by atoms with E-state index in [-0.39, 0.29) is 18.3 Å². The number of halogens is 1. The van der Waals surface area contributed by atoms with Crippen molar-refractivity contribution in [2.45, 2.75) is 19.3 Å². The van der Waals surface area contributed by atoms with E-state index in [1.165, 1.54) is 12.3 Å². The van der Waals surface area contributed by atoms with Gasteiger partial charge in [-0.05, 0) is 30.2 Å². The standard InChI is InChI=1S/C20H17FN2O2/c1-2-25-19(24)10-16(13-6-4-3-5-7-13)14-8-17-15(11-22)12-23-20(17)18(21)9-14/h3-9,12,16,23H,2,10H2,1H3. The predicted octanol–water partition coefficient (Wildman–Crippen LogP) is 4.26. The molecule has 4 nitrogen and oxygen atoms in total. The maximum absolute atomic E-state index is 14.5. The Morgan fingerprint density at radius 2 is 2.04 bits per heavy atom. The van der Waals surface area contributed by atoms with E-state index >= 15 is 0 Å². The summed E-state index contributed by atoms with van der Waals surface area (Å²) in [6.07, 6.45) is 1.59. The Bertz CT molecular complexity index is 941. The van der Waals surface area contributed by atoms with Gasteiger partial charge in [0, 0.05) is 17.5 Å². The average Bonchev–Trinajstić information content (AvgIpc) is 3.04. The summed E-state index contributed by atoms with van der Waals surface area (Å²) in [5.74, 6) is -1.13. The number of nitrogens with zero attached hydrogens (tertiary/aromatic N) is 1. The Morgan fingerprint density at radius 3 is 2.72 bits per heavy atom. The van der Waals surface area contributed by atoms with Crippen LogP contribution in [0.3, 0.4) is 0 Å². The van der Waals surface area contributed by atoms with Crippen LogP contribution in [-0.4, -0.2) is 17.6 Å². The van der Waals surface area contributed by atoms with E-state index in [0.29, 0.717) is 28.6 Å². The third-order valence-electron chi connectivity index (χ3n) is 4.16. The molecule has 0 saturated carbocycles. The van der Waals surface area contributed by atoms with Crippen molar-refractivity contribution in [1.82, 2.24) is 4.98 Å². The molecule has 126 valence electrons. The summed E-state index contributed by atoms with van der Waals surface area (Å²) in [5, 5.41) is 9.73. The lowest BCUT2D eigenvalue weighted by atomic mass is 9.87. The molecule has 1 atom stereocenters. The molecule has 0 amide bonds. The monoisotopic (exact) mass is 336 g/mol. The molecule has 0 radical (unpaired) electrons. The van der Waals surface area contributed by atoms with Crippen molar-refractivity contribution in [3.63, 3.8) is 0 Å². The van der Waals surface area contributed by atoms with Crippen molar-refractivity contribution < 1.29 is 13.9 Å². The van der Waals surface area contributed by atoms with Gasteiger partial charge in [0.1, 0.15) is 11.9 Å². The maximum Gasteiger partial charge on any atom is 0.306 e. The highest BCUT2D eigenvalue weighted by Gasteiger charge is 2.21. The quantitative estimate of drug-likeness (QED) is 0.708. The van der Waals surface area contributed by atoms with Crippen LogP contribution in [0.15, 0.2) is 48.7 Å². The van der Waals surface area contributed by atoms with Crippen molar-refractivity contribution in [1.29, 1.82) is 5.26 Å². The van der Waals surface area contributed by atoms with Crippen LogP contribution in [-0.2, 0) is 9.53 Å². The Balaban J connectivity index is 2.11. The number of aromatic amines is 1. The van der Waals surface area contributed by atoms with Gasteiger partial charge < -0.3 is 9.72 Å². The topological polar surface area (TPSA) is 65.9 Å². The largest absolute Gasteiger partial charge is 0.466 e. The zero-order valence-corrected chi connectivity index (χ0v) is 13.8. The van der Waals surface area contributed by atoms with Gasteiger partial charge in [-0.15, -0.1) is 0 Å². The molecule has 0 spiro atoms. The van der Waals surface area contributed by atoms with Crippen molar-refractivity contribution in [2.24, 2.45) is 0 Å². The molecule has 1 aromatic heterocycles. The summed E-state index contributed by atoms with van der Waals surface area (Å²) in [6, 6.07) is 14.7. The van der Waals surface area contributed by atoms with Crippen LogP contribution in [0.5, 0.6) is 0 Å². The minimum Gasteiger partial charge on any atom is -0.466 e. The van der Waals surface area contributed by atoms with Crippen LogP contribution in [0.4, 0.5) is 4.39 Å². The third-order valence-corrected chi connectivity index (χ3v) is 4.16. The molecule has 0 aliphatic carbocycles. The van der Waals surface area contributed by atoms with Gasteiger partial charge in [0.15, 0.2) is 0 Å². The number of benzene rings is 2. The van der Waals surface area contributed by atoms with Crippen LogP contribution < -0.4 is 0 Å². The fourth-order valence-electron chi connectivity index (χ4n) is 3.00. The molecule has 1 heterocycles. The Kier molecular flexibility index (Phi) is 4.80. The van der Waals surface area contributed by atoms with Crippen molar-refractivity contribution in [2.75, 3.05) is 6.61 Å². The van der Waals surface area contributed by atoms with E-state index < -0.39 is 5.82 Å². The molecule has 0 bridgehead atoms. The third kappa shape index (κ3) is 3.38. The molecule has 3 rings (SSSR count). The Hall–Kier alpha value is -3.13. The molecule has 0 aliphatic heterocycles. The summed E-state index contributed by atoms with van der Waals surface area (Å²) in [5.41, 5.74) is 2.20. The molecule has 2 aromatic carbocycles. The number of esters is 1. The number of ether oxygens (including phenoxy) is 1. The van der Waals surface area contributed by atoms with Gasteiger partial charge >= 0.3 is 5.97 Å². The number of carbonyl (C=O) groups excluding carboxylic acids is 1. The number of nitrogens with one attached hydrogen (secondary N) is 1. The van der Waals surface area contributed by atoms with Crippen molar-refractivity contribution in [3.05, 3.63) is 71.2 Å². The Labute approximate surface area is 144 Å². The lowest BCUT2D eigenvalue weighted by Gasteiger charge is -2.18. The molecule has 0 saturated heterocycles. The molecule has 1 unspecified atom stereocenters. The molecular weight excluding hydrogens is 319 g/mol. The zero-order valence-electron chi connectivity index (χ0n) is 13.8. The van der Waals surface area contributed by atoms with Crippen LogP contribution in [0.1, 0.15) is 36.0 Å². The highest BCUT2D eigenvalue weighted by molar-refractivity contribution is 5.87. The second kappa shape index (κ2) is 7.18. The van der Waals surface area contributed by atoms with Crippen molar-refractivity contribution in [3.8, 4) is 6.07 Å². The van der Waals surface area contributed by atoms with E-state index in [1.54, 1.807) is 13.0 Å². The molecular formula is C20H17FN2O2. The normalized spacial score (nSPS) is 11.9. The van der Waals surface area contributed by atoms with E-state index in [2.05, 4.69) is 11.1 Å². The summed E-state index contributed by atoms with van der Waals surface area (Å²) in [6.45, 7) is 2.05. The van der Waals surface area contributed by atoms with Gasteiger partial charge in [0.2, 0.25) is 0 Å². The lowest BCUT2D eigenvalue weighted by Crippen LogP contribution is -2.12. The molecule has 0 aliphatic rings. The predicted molar refractivity (Wildman–Crippen MR) is 92.5 cm³/mol. The van der Waals surface area contributed by atoms with Crippen molar-refractivity contribution >= 4 is 16.9 Å². The molecule has 5 heteroatoms. The molecule has 25 heavy (non-hydrogen) atoms. The summed E-state index contributed by atoms with van der Waals surface area (Å²) in [7, 11) is 0. The number of H-pyrrole nitrogens is 1. The number of hydrogen-bond donors (Lipinski definition) is 1. The highest BCUT2D eigenvalue weighted by Crippen LogP contribution is 2.32. The Morgan fingerprint density at radius 1 is 1.28 bits per heavy atom. The van der Waals surface area contributed by atoms with Crippen LogP contribution in [0.25, 0.3) is 10.9 Å². The first kappa shape index (κ1) is 16.7. The van der Waals surface area contributed by atoms with Crippen LogP contribution >= 0.6 is 0 Å². The van der Waals surface area contributed by atoms with E-state index in [1.807, 2.05) is 30.3 Å². The number of fused-ring (bicyclic) bond motifs is 1. The molecule has 3 aromatic rings. The van der Waals surface area contributed by atoms with Gasteiger partial charge in [0.25, 0.3) is 0 Å². The zero-order chi connectivity index (χ0) is 17.8. The van der Waals surface area contributed by atoms with Gasteiger partial charge in [-0.2, -0.15) is 5.26 Å². The SMILES string of the molecule is CCOC(=O)CC(c1ccccc1)c1cc(F)c2[nH]cc(C#N)c2c1. The first-order valence-electron chi connectivity index (χ1n) is 8.05. The second-order valence-electron chi connectivity index (χ2n) is 5.71. The number of aromatic nitrogens is 1. The van der Waals surface area contributed by atoms with Crippen LogP contribution in [0.2, 0.25) is 0 Å². The molecule has 0 fully saturated rings. The lowest BCUT2D eigenvalue weighted by molar-refractivity contribution is -0.143. The van der Waals surface area contributed by atoms with Crippen LogP contribution in [0, 0.1) is 17.1 Å². The number of carbonyl (C=O) groups is 1. The average molecular weight is 336 g/mol. The highest BCUT2D eigenvalue weighted by atomic mass is 19.1. The fraction of sp³-hybridized carbons (Fsp3) is 0.200. The maximum atomic E-state index is 14.5. The fourth-order valence-corrected chi connectivity index (χ4v) is 3.00. The van der Waals surface area contributed by atoms with E-state index in [9.17, 15) is 14.4 Å². The summed E-state index contributed by atoms with van der Waals surface area (Å²) < 4.78 is 19.6. The second-order valence-corrected chi connectivity index (χ2v) is 5.71.